The second-order valence-corrected chi connectivity index (χ2v) is 7.04. The summed E-state index contributed by atoms with van der Waals surface area (Å²) >= 11 is 5.99. The number of amides is 1. The number of hydrogen-bond donors (Lipinski definition) is 1. The van der Waals surface area contributed by atoms with Crippen molar-refractivity contribution in [2.45, 2.75) is 12.8 Å². The maximum absolute atomic E-state index is 12.2. The number of nitrogens with zero attached hydrogens (tertiary/aromatic N) is 1. The van der Waals surface area contributed by atoms with E-state index in [0.29, 0.717) is 34.9 Å². The average Bonchev–Trinajstić information content (AvgIpc) is 3.16. The molecule has 3 aromatic carbocycles. The maximum Gasteiger partial charge on any atom is 0.227 e. The second kappa shape index (κ2) is 8.37. The lowest BCUT2D eigenvalue weighted by molar-refractivity contribution is -0.116. The molecule has 146 valence electrons. The Morgan fingerprint density at radius 2 is 1.83 bits per heavy atom. The van der Waals surface area contributed by atoms with Crippen LogP contribution < -0.4 is 10.1 Å². The number of halogens is 1. The molecule has 0 saturated carbocycles. The van der Waals surface area contributed by atoms with Crippen LogP contribution in [0.15, 0.2) is 71.1 Å². The van der Waals surface area contributed by atoms with Gasteiger partial charge in [0.25, 0.3) is 0 Å². The normalized spacial score (nSPS) is 10.8. The quantitative estimate of drug-likeness (QED) is 0.444. The van der Waals surface area contributed by atoms with Crippen LogP contribution in [0.4, 0.5) is 5.69 Å². The Morgan fingerprint density at radius 1 is 1.07 bits per heavy atom. The lowest BCUT2D eigenvalue weighted by Crippen LogP contribution is -2.12. The first-order valence-corrected chi connectivity index (χ1v) is 9.58. The number of aryl methyl sites for hydroxylation is 1. The van der Waals surface area contributed by atoms with Crippen LogP contribution in [0.25, 0.3) is 22.6 Å². The summed E-state index contributed by atoms with van der Waals surface area (Å²) in [6.07, 6.45) is 1.07. The van der Waals surface area contributed by atoms with E-state index in [2.05, 4.69) is 10.3 Å². The van der Waals surface area contributed by atoms with Gasteiger partial charge in [-0.15, -0.1) is 0 Å². The topological polar surface area (TPSA) is 64.4 Å². The van der Waals surface area contributed by atoms with Crippen LogP contribution in [0.2, 0.25) is 5.02 Å². The second-order valence-electron chi connectivity index (χ2n) is 6.60. The molecule has 0 aliphatic rings. The van der Waals surface area contributed by atoms with E-state index in [1.807, 2.05) is 48.5 Å². The van der Waals surface area contributed by atoms with Crippen LogP contribution >= 0.6 is 11.6 Å². The molecule has 4 rings (SSSR count). The van der Waals surface area contributed by atoms with Crippen LogP contribution in [-0.2, 0) is 11.2 Å². The number of ether oxygens (including phenoxy) is 1. The molecule has 1 heterocycles. The number of methoxy groups -OCH3 is 1. The van der Waals surface area contributed by atoms with E-state index in [0.717, 1.165) is 22.6 Å². The predicted molar refractivity (Wildman–Crippen MR) is 114 cm³/mol. The van der Waals surface area contributed by atoms with Crippen LogP contribution in [0.5, 0.6) is 5.75 Å². The Hall–Kier alpha value is -3.31. The zero-order valence-electron chi connectivity index (χ0n) is 15.8. The van der Waals surface area contributed by atoms with Gasteiger partial charge in [0, 0.05) is 22.7 Å². The van der Waals surface area contributed by atoms with E-state index in [1.165, 1.54) is 0 Å². The summed E-state index contributed by atoms with van der Waals surface area (Å²) in [5, 5.41) is 3.53. The van der Waals surface area contributed by atoms with Gasteiger partial charge < -0.3 is 14.5 Å². The van der Waals surface area contributed by atoms with Gasteiger partial charge in [-0.25, -0.2) is 4.98 Å². The van der Waals surface area contributed by atoms with Gasteiger partial charge >= 0.3 is 0 Å². The van der Waals surface area contributed by atoms with Crippen molar-refractivity contribution in [2.24, 2.45) is 0 Å². The molecule has 1 aromatic heterocycles. The number of nitrogens with one attached hydrogen (secondary N) is 1. The lowest BCUT2D eigenvalue weighted by Gasteiger charge is -2.06. The van der Waals surface area contributed by atoms with Gasteiger partial charge in [-0.1, -0.05) is 23.7 Å². The van der Waals surface area contributed by atoms with Crippen molar-refractivity contribution in [1.82, 2.24) is 4.98 Å². The summed E-state index contributed by atoms with van der Waals surface area (Å²) in [5.74, 6) is 1.28. The summed E-state index contributed by atoms with van der Waals surface area (Å²) in [6, 6.07) is 20.5. The molecule has 0 spiro atoms. The van der Waals surface area contributed by atoms with Crippen LogP contribution in [0.3, 0.4) is 0 Å². The van der Waals surface area contributed by atoms with Crippen LogP contribution in [0.1, 0.15) is 12.0 Å². The van der Waals surface area contributed by atoms with E-state index >= 15 is 0 Å². The van der Waals surface area contributed by atoms with Crippen LogP contribution in [0, 0.1) is 0 Å². The molecule has 0 saturated heterocycles. The molecule has 0 bridgehead atoms. The number of anilines is 1. The Balaban J connectivity index is 1.37. The minimum atomic E-state index is -0.0370. The van der Waals surface area contributed by atoms with Crippen molar-refractivity contribution in [3.05, 3.63) is 77.3 Å². The number of aromatic nitrogens is 1. The highest BCUT2D eigenvalue weighted by atomic mass is 35.5. The number of hydrogen-bond acceptors (Lipinski definition) is 4. The van der Waals surface area contributed by atoms with Crippen molar-refractivity contribution in [3.63, 3.8) is 0 Å². The number of carbonyl (C=O) groups excluding carboxylic acids is 1. The van der Waals surface area contributed by atoms with Crippen molar-refractivity contribution >= 4 is 34.3 Å². The van der Waals surface area contributed by atoms with Crippen LogP contribution in [-0.4, -0.2) is 18.0 Å². The first kappa shape index (κ1) is 19.0. The number of benzene rings is 3. The third kappa shape index (κ3) is 4.58. The van der Waals surface area contributed by atoms with E-state index in [9.17, 15) is 4.79 Å². The van der Waals surface area contributed by atoms with Crippen molar-refractivity contribution in [2.75, 3.05) is 12.4 Å². The zero-order chi connectivity index (χ0) is 20.2. The van der Waals surface area contributed by atoms with E-state index < -0.39 is 0 Å². The molecule has 5 nitrogen and oxygen atoms in total. The number of fused-ring (bicyclic) bond motifs is 1. The van der Waals surface area contributed by atoms with Crippen molar-refractivity contribution < 1.29 is 13.9 Å². The first-order chi connectivity index (χ1) is 14.1. The fourth-order valence-electron chi connectivity index (χ4n) is 2.99. The molecule has 1 amide bonds. The third-order valence-corrected chi connectivity index (χ3v) is 4.80. The minimum Gasteiger partial charge on any atom is -0.497 e. The van der Waals surface area contributed by atoms with Gasteiger partial charge in [-0.3, -0.25) is 4.79 Å². The van der Waals surface area contributed by atoms with Gasteiger partial charge in [0.15, 0.2) is 5.58 Å². The standard InChI is InChI=1S/C23H19ClN2O3/c1-28-19-10-2-15(3-11-19)4-13-22(27)25-18-8-5-16(6-9-18)23-26-20-14-17(24)7-12-21(20)29-23/h2-3,5-12,14H,4,13H2,1H3,(H,25,27). The number of oxazole rings is 1. The molecule has 0 radical (unpaired) electrons. The predicted octanol–water partition coefficient (Wildman–Crippen LogP) is 5.73. The van der Waals surface area contributed by atoms with E-state index in [1.54, 1.807) is 25.3 Å². The number of carbonyl (C=O) groups is 1. The smallest absolute Gasteiger partial charge is 0.227 e. The fourth-order valence-corrected chi connectivity index (χ4v) is 3.16. The molecule has 0 atom stereocenters. The minimum absolute atomic E-state index is 0.0370. The molecular formula is C23H19ClN2O3. The Labute approximate surface area is 173 Å². The molecule has 29 heavy (non-hydrogen) atoms. The summed E-state index contributed by atoms with van der Waals surface area (Å²) in [4.78, 5) is 16.7. The summed E-state index contributed by atoms with van der Waals surface area (Å²) in [6.45, 7) is 0. The van der Waals surface area contributed by atoms with Crippen molar-refractivity contribution in [1.29, 1.82) is 0 Å². The Morgan fingerprint density at radius 3 is 2.55 bits per heavy atom. The maximum atomic E-state index is 12.2. The molecule has 0 aliphatic heterocycles. The van der Waals surface area contributed by atoms with E-state index in [4.69, 9.17) is 20.8 Å². The third-order valence-electron chi connectivity index (χ3n) is 4.57. The zero-order valence-corrected chi connectivity index (χ0v) is 16.6. The van der Waals surface area contributed by atoms with Gasteiger partial charge in [-0.2, -0.15) is 0 Å². The van der Waals surface area contributed by atoms with Gasteiger partial charge in [0.2, 0.25) is 11.8 Å². The SMILES string of the molecule is COc1ccc(CCC(=O)Nc2ccc(-c3nc4cc(Cl)ccc4o3)cc2)cc1. The Bertz CT molecular complexity index is 1140. The average molecular weight is 407 g/mol. The highest BCUT2D eigenvalue weighted by Gasteiger charge is 2.09. The molecule has 0 fully saturated rings. The fraction of sp³-hybridized carbons (Fsp3) is 0.130. The molecule has 4 aromatic rings. The first-order valence-electron chi connectivity index (χ1n) is 9.20. The monoisotopic (exact) mass is 406 g/mol. The summed E-state index contributed by atoms with van der Waals surface area (Å²) in [5.41, 5.74) is 4.04. The molecule has 1 N–H and O–H groups in total. The molecular weight excluding hydrogens is 388 g/mol. The highest BCUT2D eigenvalue weighted by Crippen LogP contribution is 2.27. The Kier molecular flexibility index (Phi) is 5.49. The molecule has 6 heteroatoms. The van der Waals surface area contributed by atoms with Gasteiger partial charge in [-0.05, 0) is 66.6 Å². The van der Waals surface area contributed by atoms with E-state index in [-0.39, 0.29) is 5.91 Å². The van der Waals surface area contributed by atoms with Gasteiger partial charge in [0.05, 0.1) is 7.11 Å². The van der Waals surface area contributed by atoms with Gasteiger partial charge in [0.1, 0.15) is 11.3 Å². The lowest BCUT2D eigenvalue weighted by atomic mass is 10.1. The summed E-state index contributed by atoms with van der Waals surface area (Å²) in [7, 11) is 1.63. The van der Waals surface area contributed by atoms with Crippen molar-refractivity contribution in [3.8, 4) is 17.2 Å². The summed E-state index contributed by atoms with van der Waals surface area (Å²) < 4.78 is 10.9. The number of rotatable bonds is 6. The molecule has 0 unspecified atom stereocenters. The highest BCUT2D eigenvalue weighted by molar-refractivity contribution is 6.31. The molecule has 0 aliphatic carbocycles. The largest absolute Gasteiger partial charge is 0.497 e.